The Bertz CT molecular complexity index is 1750. The second-order valence-electron chi connectivity index (χ2n) is 26.6. The Labute approximate surface area is 549 Å². The molecule has 0 aliphatic rings. The Morgan fingerprint density at radius 3 is 0.756 bits per heavy atom. The van der Waals surface area contributed by atoms with Crippen molar-refractivity contribution in [2.24, 2.45) is 11.8 Å². The molecule has 17 nitrogen and oxygen atoms in total. The highest BCUT2D eigenvalue weighted by atomic mass is 31.2. The van der Waals surface area contributed by atoms with Crippen LogP contribution in [0.3, 0.4) is 0 Å². The van der Waals surface area contributed by atoms with Crippen LogP contribution in [-0.4, -0.2) is 96.7 Å². The van der Waals surface area contributed by atoms with E-state index in [1.165, 1.54) is 173 Å². The van der Waals surface area contributed by atoms with Crippen LogP contribution in [0, 0.1) is 11.8 Å². The van der Waals surface area contributed by atoms with Crippen LogP contribution < -0.4 is 0 Å². The molecular weight excluding hydrogens is 1190 g/mol. The van der Waals surface area contributed by atoms with Gasteiger partial charge in [0, 0.05) is 25.7 Å². The third-order valence-corrected chi connectivity index (χ3v) is 18.4. The van der Waals surface area contributed by atoms with E-state index in [4.69, 9.17) is 37.0 Å². The minimum Gasteiger partial charge on any atom is -0.462 e. The fraction of sp³-hybridized carbons (Fsp3) is 0.944. The molecule has 0 aromatic carbocycles. The zero-order valence-corrected chi connectivity index (χ0v) is 60.2. The number of aliphatic hydroxyl groups is 1. The number of phosphoric ester groups is 2. The van der Waals surface area contributed by atoms with Crippen LogP contribution in [0.4, 0.5) is 0 Å². The van der Waals surface area contributed by atoms with E-state index in [9.17, 15) is 43.2 Å². The van der Waals surface area contributed by atoms with Crippen molar-refractivity contribution >= 4 is 39.5 Å². The van der Waals surface area contributed by atoms with Crippen LogP contribution in [0.1, 0.15) is 363 Å². The van der Waals surface area contributed by atoms with Crippen LogP contribution >= 0.6 is 15.6 Å². The van der Waals surface area contributed by atoms with Gasteiger partial charge in [-0.1, -0.05) is 311 Å². The molecule has 0 radical (unpaired) electrons. The molecular formula is C71H138O17P2. The summed E-state index contributed by atoms with van der Waals surface area (Å²) in [5.74, 6) is -0.613. The minimum atomic E-state index is -4.95. The summed E-state index contributed by atoms with van der Waals surface area (Å²) in [7, 11) is -9.90. The molecule has 0 aromatic rings. The third kappa shape index (κ3) is 64.8. The number of carbonyl (C=O) groups is 4. The Hall–Kier alpha value is -1.94. The average molecular weight is 1330 g/mol. The first-order valence-electron chi connectivity index (χ1n) is 37.0. The molecule has 19 heteroatoms. The van der Waals surface area contributed by atoms with E-state index in [2.05, 4.69) is 41.5 Å². The standard InChI is InChI=1S/C71H138O17P2/c1-7-9-11-13-15-17-18-19-20-21-22-23-31-37-43-49-55-70(75)88-67(60-82-69(74)54-48-42-36-30-26-24-28-33-39-45-51-63(3)4)62-86-90(79,80)84-58-65(72)57-83-89(77,78)85-61-66(59-81-68(73)53-47-41-35-16-14-12-10-8-2)87-71(76)56-50-44-38-32-27-25-29-34-40-46-52-64(5)6/h63-67,72H,7-62H2,1-6H3,(H,77,78)(H,79,80)/t65-,66+,67+/m0/s1. The smallest absolute Gasteiger partial charge is 0.462 e. The molecule has 0 aliphatic heterocycles. The fourth-order valence-electron chi connectivity index (χ4n) is 10.8. The number of rotatable bonds is 70. The van der Waals surface area contributed by atoms with Gasteiger partial charge in [0.2, 0.25) is 0 Å². The van der Waals surface area contributed by atoms with Crippen LogP contribution in [0.25, 0.3) is 0 Å². The van der Waals surface area contributed by atoms with Gasteiger partial charge >= 0.3 is 39.5 Å². The highest BCUT2D eigenvalue weighted by Crippen LogP contribution is 2.45. The van der Waals surface area contributed by atoms with Crippen LogP contribution in [0.15, 0.2) is 0 Å². The lowest BCUT2D eigenvalue weighted by atomic mass is 10.0. The second-order valence-corrected chi connectivity index (χ2v) is 29.5. The first-order valence-corrected chi connectivity index (χ1v) is 40.0. The van der Waals surface area contributed by atoms with Crippen molar-refractivity contribution in [3.8, 4) is 0 Å². The molecule has 3 N–H and O–H groups in total. The highest BCUT2D eigenvalue weighted by molar-refractivity contribution is 7.47. The van der Waals surface area contributed by atoms with Crippen LogP contribution in [0.5, 0.6) is 0 Å². The Morgan fingerprint density at radius 1 is 0.300 bits per heavy atom. The van der Waals surface area contributed by atoms with Gasteiger partial charge in [0.05, 0.1) is 26.4 Å². The summed E-state index contributed by atoms with van der Waals surface area (Å²) in [6.45, 7) is 9.52. The van der Waals surface area contributed by atoms with Gasteiger partial charge in [-0.2, -0.15) is 0 Å². The molecule has 0 aromatic heterocycles. The SMILES string of the molecule is CCCCCCCCCCCCCCCCCCC(=O)O[C@H](COC(=O)CCCCCCCCCCCCC(C)C)COP(=O)(O)OC[C@@H](O)COP(=O)(O)OC[C@@H](COC(=O)CCCCCCCCCC)OC(=O)CCCCCCCCCCCCC(C)C. The van der Waals surface area contributed by atoms with Crippen LogP contribution in [-0.2, 0) is 65.4 Å². The number of carbonyl (C=O) groups excluding carboxylic acids is 4. The number of ether oxygens (including phenoxy) is 4. The van der Waals surface area contributed by atoms with Crippen molar-refractivity contribution in [2.75, 3.05) is 39.6 Å². The molecule has 534 valence electrons. The Morgan fingerprint density at radius 2 is 0.511 bits per heavy atom. The lowest BCUT2D eigenvalue weighted by Crippen LogP contribution is -2.30. The minimum absolute atomic E-state index is 0.106. The van der Waals surface area contributed by atoms with Gasteiger partial charge < -0.3 is 33.8 Å². The molecule has 0 bridgehead atoms. The van der Waals surface area contributed by atoms with E-state index in [0.717, 1.165) is 108 Å². The van der Waals surface area contributed by atoms with Gasteiger partial charge in [-0.15, -0.1) is 0 Å². The molecule has 0 fully saturated rings. The lowest BCUT2D eigenvalue weighted by molar-refractivity contribution is -0.161. The summed E-state index contributed by atoms with van der Waals surface area (Å²) in [5.41, 5.74) is 0. The summed E-state index contributed by atoms with van der Waals surface area (Å²) in [4.78, 5) is 72.5. The number of aliphatic hydroxyl groups excluding tert-OH is 1. The maximum atomic E-state index is 13.0. The monoisotopic (exact) mass is 1320 g/mol. The molecule has 0 aliphatic carbocycles. The van der Waals surface area contributed by atoms with Gasteiger partial charge in [0.15, 0.2) is 12.2 Å². The molecule has 0 amide bonds. The predicted molar refractivity (Wildman–Crippen MR) is 363 cm³/mol. The van der Waals surface area contributed by atoms with Crippen molar-refractivity contribution in [1.82, 2.24) is 0 Å². The summed E-state index contributed by atoms with van der Waals surface area (Å²) in [6, 6.07) is 0. The molecule has 0 rings (SSSR count). The van der Waals surface area contributed by atoms with Gasteiger partial charge in [-0.05, 0) is 37.5 Å². The van der Waals surface area contributed by atoms with Crippen molar-refractivity contribution < 1.29 is 80.2 Å². The molecule has 0 heterocycles. The van der Waals surface area contributed by atoms with Crippen molar-refractivity contribution in [3.05, 3.63) is 0 Å². The first kappa shape index (κ1) is 88.1. The summed E-state index contributed by atoms with van der Waals surface area (Å²) in [6.07, 6.45) is 48.6. The molecule has 0 saturated heterocycles. The average Bonchev–Trinajstić information content (AvgIpc) is 3.19. The summed E-state index contributed by atoms with van der Waals surface area (Å²) in [5, 5.41) is 10.6. The van der Waals surface area contributed by atoms with Gasteiger partial charge in [0.1, 0.15) is 19.3 Å². The van der Waals surface area contributed by atoms with E-state index in [-0.39, 0.29) is 25.7 Å². The quantitative estimate of drug-likeness (QED) is 0.0222. The van der Waals surface area contributed by atoms with E-state index in [1.54, 1.807) is 0 Å². The van der Waals surface area contributed by atoms with Gasteiger partial charge in [-0.25, -0.2) is 9.13 Å². The Kier molecular flexibility index (Phi) is 61.8. The topological polar surface area (TPSA) is 237 Å². The first-order chi connectivity index (χ1) is 43.4. The number of esters is 4. The summed E-state index contributed by atoms with van der Waals surface area (Å²) >= 11 is 0. The molecule has 90 heavy (non-hydrogen) atoms. The van der Waals surface area contributed by atoms with Crippen molar-refractivity contribution in [1.29, 1.82) is 0 Å². The second kappa shape index (κ2) is 63.1. The number of hydrogen-bond donors (Lipinski definition) is 3. The van der Waals surface area contributed by atoms with Gasteiger partial charge in [0.25, 0.3) is 0 Å². The Balaban J connectivity index is 5.23. The van der Waals surface area contributed by atoms with E-state index in [1.807, 2.05) is 0 Å². The van der Waals surface area contributed by atoms with E-state index >= 15 is 0 Å². The zero-order chi connectivity index (χ0) is 66.5. The highest BCUT2D eigenvalue weighted by Gasteiger charge is 2.30. The molecule has 5 atom stereocenters. The molecule has 2 unspecified atom stereocenters. The number of hydrogen-bond acceptors (Lipinski definition) is 15. The van der Waals surface area contributed by atoms with E-state index in [0.29, 0.717) is 25.7 Å². The largest absolute Gasteiger partial charge is 0.472 e. The van der Waals surface area contributed by atoms with E-state index < -0.39 is 97.5 Å². The number of unbranched alkanes of at least 4 members (excludes halogenated alkanes) is 40. The predicted octanol–water partition coefficient (Wildman–Crippen LogP) is 20.4. The number of phosphoric acid groups is 2. The lowest BCUT2D eigenvalue weighted by Gasteiger charge is -2.21. The maximum Gasteiger partial charge on any atom is 0.472 e. The molecule has 0 saturated carbocycles. The van der Waals surface area contributed by atoms with Crippen molar-refractivity contribution in [3.63, 3.8) is 0 Å². The third-order valence-electron chi connectivity index (χ3n) is 16.5. The molecule has 0 spiro atoms. The normalized spacial score (nSPS) is 14.1. The zero-order valence-electron chi connectivity index (χ0n) is 58.4. The fourth-order valence-corrected chi connectivity index (χ4v) is 12.3. The van der Waals surface area contributed by atoms with Gasteiger partial charge in [-0.3, -0.25) is 37.3 Å². The maximum absolute atomic E-state index is 13.0. The summed E-state index contributed by atoms with van der Waals surface area (Å²) < 4.78 is 68.3. The van der Waals surface area contributed by atoms with Crippen molar-refractivity contribution in [2.45, 2.75) is 381 Å². The van der Waals surface area contributed by atoms with Crippen LogP contribution in [0.2, 0.25) is 0 Å².